The molecule has 1 heterocycles. The van der Waals surface area contributed by atoms with Crippen molar-refractivity contribution in [1.82, 2.24) is 4.90 Å². The Kier molecular flexibility index (Phi) is 3.04. The molecule has 0 spiro atoms. The Labute approximate surface area is 93.6 Å². The molecule has 0 atom stereocenters. The Hall–Kier alpha value is -0.600. The summed E-state index contributed by atoms with van der Waals surface area (Å²) < 4.78 is 1.19. The van der Waals surface area contributed by atoms with Crippen LogP contribution in [0.25, 0.3) is 0 Å². The zero-order chi connectivity index (χ0) is 9.97. The van der Waals surface area contributed by atoms with Gasteiger partial charge in [0.25, 0.3) is 0 Å². The molecule has 14 heavy (non-hydrogen) atoms. The molecule has 74 valence electrons. The van der Waals surface area contributed by atoms with Crippen LogP contribution in [0.3, 0.4) is 0 Å². The monoisotopic (exact) mass is 251 g/mol. The van der Waals surface area contributed by atoms with Crippen molar-refractivity contribution in [2.24, 2.45) is 0 Å². The third-order valence-electron chi connectivity index (χ3n) is 2.65. The van der Waals surface area contributed by atoms with Crippen LogP contribution >= 0.6 is 15.9 Å². The van der Waals surface area contributed by atoms with Crippen molar-refractivity contribution in [2.75, 3.05) is 13.1 Å². The average Bonchev–Trinajstić information content (AvgIpc) is 2.19. The third-order valence-corrected chi connectivity index (χ3v) is 3.14. The van der Waals surface area contributed by atoms with E-state index in [1.807, 2.05) is 6.08 Å². The van der Waals surface area contributed by atoms with Gasteiger partial charge in [0.15, 0.2) is 0 Å². The maximum absolute atomic E-state index is 3.78. The molecule has 0 saturated heterocycles. The third kappa shape index (κ3) is 2.07. The summed E-state index contributed by atoms with van der Waals surface area (Å²) in [5.74, 6) is 0. The van der Waals surface area contributed by atoms with Crippen molar-refractivity contribution < 1.29 is 0 Å². The molecule has 0 N–H and O–H groups in total. The highest BCUT2D eigenvalue weighted by Gasteiger charge is 2.14. The van der Waals surface area contributed by atoms with Crippen molar-refractivity contribution >= 4 is 15.9 Å². The Balaban J connectivity index is 2.18. The van der Waals surface area contributed by atoms with Crippen molar-refractivity contribution in [3.63, 3.8) is 0 Å². The number of hydrogen-bond acceptors (Lipinski definition) is 1. The number of nitrogens with zero attached hydrogens (tertiary/aromatic N) is 1. The first-order valence-electron chi connectivity index (χ1n) is 4.90. The van der Waals surface area contributed by atoms with Gasteiger partial charge in [0.2, 0.25) is 0 Å². The van der Waals surface area contributed by atoms with E-state index in [-0.39, 0.29) is 0 Å². The maximum Gasteiger partial charge on any atom is 0.0239 e. The van der Waals surface area contributed by atoms with Crippen LogP contribution in [0.2, 0.25) is 0 Å². The fourth-order valence-electron chi connectivity index (χ4n) is 1.92. The van der Waals surface area contributed by atoms with Gasteiger partial charge >= 0.3 is 0 Å². The second-order valence-electron chi connectivity index (χ2n) is 3.69. The molecule has 1 aromatic rings. The molecule has 2 heteroatoms. The molecule has 1 aliphatic heterocycles. The highest BCUT2D eigenvalue weighted by Crippen LogP contribution is 2.22. The zero-order valence-electron chi connectivity index (χ0n) is 8.17. The normalized spacial score (nSPS) is 16.4. The number of hydrogen-bond donors (Lipinski definition) is 0. The van der Waals surface area contributed by atoms with Crippen LogP contribution in [0.5, 0.6) is 0 Å². The maximum atomic E-state index is 3.78. The Bertz CT molecular complexity index is 346. The molecule has 1 aromatic carbocycles. The van der Waals surface area contributed by atoms with Gasteiger partial charge in [-0.05, 0) is 29.7 Å². The lowest BCUT2D eigenvalue weighted by Crippen LogP contribution is -2.30. The number of halogens is 1. The molecular weight excluding hydrogens is 238 g/mol. The van der Waals surface area contributed by atoms with Gasteiger partial charge in [-0.15, -0.1) is 6.58 Å². The Morgan fingerprint density at radius 2 is 2.29 bits per heavy atom. The minimum atomic E-state index is 0.996. The molecule has 2 rings (SSSR count). The highest BCUT2D eigenvalue weighted by molar-refractivity contribution is 9.10. The first-order chi connectivity index (χ1) is 6.79. The predicted molar refractivity (Wildman–Crippen MR) is 63.3 cm³/mol. The van der Waals surface area contributed by atoms with Crippen LogP contribution in [-0.4, -0.2) is 18.0 Å². The van der Waals surface area contributed by atoms with E-state index < -0.39 is 0 Å². The second-order valence-corrected chi connectivity index (χ2v) is 4.60. The van der Waals surface area contributed by atoms with E-state index in [0.717, 1.165) is 26.1 Å². The lowest BCUT2D eigenvalue weighted by Gasteiger charge is -2.27. The topological polar surface area (TPSA) is 3.24 Å². The molecule has 0 aromatic heterocycles. The lowest BCUT2D eigenvalue weighted by molar-refractivity contribution is 0.282. The molecule has 1 nitrogen and oxygen atoms in total. The minimum absolute atomic E-state index is 0.996. The van der Waals surface area contributed by atoms with Crippen LogP contribution in [0, 0.1) is 0 Å². The predicted octanol–water partition coefficient (Wildman–Crippen LogP) is 2.99. The Morgan fingerprint density at radius 3 is 3.07 bits per heavy atom. The van der Waals surface area contributed by atoms with Gasteiger partial charge in [-0.25, -0.2) is 0 Å². The Morgan fingerprint density at radius 1 is 1.43 bits per heavy atom. The van der Waals surface area contributed by atoms with E-state index in [1.165, 1.54) is 15.6 Å². The van der Waals surface area contributed by atoms with E-state index in [9.17, 15) is 0 Å². The summed E-state index contributed by atoms with van der Waals surface area (Å²) in [4.78, 5) is 2.42. The molecular formula is C12H14BrN. The van der Waals surface area contributed by atoms with Gasteiger partial charge in [-0.2, -0.15) is 0 Å². The quantitative estimate of drug-likeness (QED) is 0.731. The van der Waals surface area contributed by atoms with Crippen LogP contribution in [0.15, 0.2) is 35.3 Å². The van der Waals surface area contributed by atoms with Crippen LogP contribution < -0.4 is 0 Å². The van der Waals surface area contributed by atoms with E-state index in [1.54, 1.807) is 0 Å². The fraction of sp³-hybridized carbons (Fsp3) is 0.333. The summed E-state index contributed by atoms with van der Waals surface area (Å²) in [6, 6.07) is 6.57. The molecule has 0 bridgehead atoms. The molecule has 1 aliphatic rings. The number of rotatable bonds is 2. The van der Waals surface area contributed by atoms with E-state index in [4.69, 9.17) is 0 Å². The standard InChI is InChI=1S/C12H14BrN/c1-2-6-14-7-5-10-8-12(13)4-3-11(10)9-14/h2-4,8H,1,5-7,9H2. The van der Waals surface area contributed by atoms with E-state index in [0.29, 0.717) is 0 Å². The van der Waals surface area contributed by atoms with E-state index in [2.05, 4.69) is 45.6 Å². The van der Waals surface area contributed by atoms with Crippen LogP contribution in [0.1, 0.15) is 11.1 Å². The average molecular weight is 252 g/mol. The summed E-state index contributed by atoms with van der Waals surface area (Å²) >= 11 is 3.51. The van der Waals surface area contributed by atoms with Gasteiger partial charge in [-0.3, -0.25) is 4.90 Å². The fourth-order valence-corrected chi connectivity index (χ4v) is 2.33. The number of fused-ring (bicyclic) bond motifs is 1. The largest absolute Gasteiger partial charge is 0.295 e. The van der Waals surface area contributed by atoms with Gasteiger partial charge in [-0.1, -0.05) is 28.1 Å². The molecule has 0 unspecified atom stereocenters. The smallest absolute Gasteiger partial charge is 0.0239 e. The van der Waals surface area contributed by atoms with Crippen molar-refractivity contribution in [3.05, 3.63) is 46.5 Å². The summed E-state index contributed by atoms with van der Waals surface area (Å²) in [5, 5.41) is 0. The van der Waals surface area contributed by atoms with Gasteiger partial charge in [0, 0.05) is 24.1 Å². The number of benzene rings is 1. The second kappa shape index (κ2) is 4.28. The van der Waals surface area contributed by atoms with Crippen LogP contribution in [-0.2, 0) is 13.0 Å². The SMILES string of the molecule is C=CCN1CCc2cc(Br)ccc2C1. The van der Waals surface area contributed by atoms with Crippen molar-refractivity contribution in [1.29, 1.82) is 0 Å². The van der Waals surface area contributed by atoms with Crippen molar-refractivity contribution in [3.8, 4) is 0 Å². The molecule has 0 aliphatic carbocycles. The van der Waals surface area contributed by atoms with Gasteiger partial charge in [0.1, 0.15) is 0 Å². The molecule has 0 saturated carbocycles. The van der Waals surface area contributed by atoms with Crippen molar-refractivity contribution in [2.45, 2.75) is 13.0 Å². The minimum Gasteiger partial charge on any atom is -0.295 e. The van der Waals surface area contributed by atoms with Gasteiger partial charge in [0.05, 0.1) is 0 Å². The van der Waals surface area contributed by atoms with E-state index >= 15 is 0 Å². The summed E-state index contributed by atoms with van der Waals surface area (Å²) in [7, 11) is 0. The molecule has 0 amide bonds. The first-order valence-corrected chi connectivity index (χ1v) is 5.69. The zero-order valence-corrected chi connectivity index (χ0v) is 9.76. The highest BCUT2D eigenvalue weighted by atomic mass is 79.9. The first kappa shape index (κ1) is 9.94. The molecule has 0 fully saturated rings. The van der Waals surface area contributed by atoms with Gasteiger partial charge < -0.3 is 0 Å². The molecule has 0 radical (unpaired) electrons. The van der Waals surface area contributed by atoms with Crippen LogP contribution in [0.4, 0.5) is 0 Å². The lowest BCUT2D eigenvalue weighted by atomic mass is 10.00. The summed E-state index contributed by atoms with van der Waals surface area (Å²) in [6.07, 6.45) is 3.13. The summed E-state index contributed by atoms with van der Waals surface area (Å²) in [5.41, 5.74) is 2.95. The summed E-state index contributed by atoms with van der Waals surface area (Å²) in [6.45, 7) is 6.98.